The van der Waals surface area contributed by atoms with E-state index in [-0.39, 0.29) is 18.7 Å². The topological polar surface area (TPSA) is 56.1 Å². The number of para-hydroxylation sites is 2. The lowest BCUT2D eigenvalue weighted by Gasteiger charge is -2.29. The lowest BCUT2D eigenvalue weighted by Crippen LogP contribution is -2.34. The predicted molar refractivity (Wildman–Crippen MR) is 101 cm³/mol. The number of alkyl halides is 3. The number of fused-ring (bicyclic) bond motifs is 1. The first kappa shape index (κ1) is 20.6. The maximum atomic E-state index is 13.1. The molecule has 0 saturated heterocycles. The summed E-state index contributed by atoms with van der Waals surface area (Å²) >= 11 is 0. The SMILES string of the molecule is CCOCCCn1c(NC(=O)C2CCCC(C(F)(F)F)C2)nc2ccccc21. The highest BCUT2D eigenvalue weighted by Crippen LogP contribution is 2.40. The lowest BCUT2D eigenvalue weighted by molar-refractivity contribution is -0.185. The molecule has 2 aromatic rings. The van der Waals surface area contributed by atoms with E-state index >= 15 is 0 Å². The van der Waals surface area contributed by atoms with Crippen molar-refractivity contribution >= 4 is 22.9 Å². The molecule has 0 aliphatic heterocycles. The minimum atomic E-state index is -4.24. The molecular formula is C20H26F3N3O2. The molecule has 0 radical (unpaired) electrons. The predicted octanol–water partition coefficient (Wildman–Crippen LogP) is 4.77. The standard InChI is InChI=1S/C20H26F3N3O2/c1-2-28-12-6-11-26-17-10-4-3-9-16(17)24-19(26)25-18(27)14-7-5-8-15(13-14)20(21,22)23/h3-4,9-10,14-15H,2,5-8,11-13H2,1H3,(H,24,25,27). The van der Waals surface area contributed by atoms with Crippen LogP contribution >= 0.6 is 0 Å². The minimum Gasteiger partial charge on any atom is -0.382 e. The number of aromatic nitrogens is 2. The molecule has 0 bridgehead atoms. The number of hydrogen-bond acceptors (Lipinski definition) is 3. The Hall–Kier alpha value is -2.09. The molecule has 1 aliphatic carbocycles. The number of anilines is 1. The second-order valence-corrected chi connectivity index (χ2v) is 7.22. The Bertz CT molecular complexity index is 804. The van der Waals surface area contributed by atoms with Crippen LogP contribution in [-0.4, -0.2) is 34.8 Å². The number of halogens is 3. The number of carbonyl (C=O) groups is 1. The fourth-order valence-electron chi connectivity index (χ4n) is 3.80. The lowest BCUT2D eigenvalue weighted by atomic mass is 9.80. The maximum absolute atomic E-state index is 13.1. The Balaban J connectivity index is 1.74. The van der Waals surface area contributed by atoms with Crippen LogP contribution in [0.15, 0.2) is 24.3 Å². The van der Waals surface area contributed by atoms with Gasteiger partial charge in [0.1, 0.15) is 0 Å². The van der Waals surface area contributed by atoms with E-state index in [1.54, 1.807) is 0 Å². The van der Waals surface area contributed by atoms with Crippen molar-refractivity contribution in [1.82, 2.24) is 9.55 Å². The molecule has 1 fully saturated rings. The summed E-state index contributed by atoms with van der Waals surface area (Å²) in [6.45, 7) is 3.76. The van der Waals surface area contributed by atoms with Crippen LogP contribution in [0.2, 0.25) is 0 Å². The molecule has 1 aromatic carbocycles. The van der Waals surface area contributed by atoms with E-state index in [9.17, 15) is 18.0 Å². The van der Waals surface area contributed by atoms with Crippen LogP contribution in [0.4, 0.5) is 19.1 Å². The number of carbonyl (C=O) groups excluding carboxylic acids is 1. The number of hydrogen-bond donors (Lipinski definition) is 1. The molecule has 0 spiro atoms. The average molecular weight is 397 g/mol. The monoisotopic (exact) mass is 397 g/mol. The second-order valence-electron chi connectivity index (χ2n) is 7.22. The second kappa shape index (κ2) is 8.94. The third-order valence-corrected chi connectivity index (χ3v) is 5.27. The summed E-state index contributed by atoms with van der Waals surface area (Å²) < 4.78 is 46.4. The molecule has 2 atom stereocenters. The quantitative estimate of drug-likeness (QED) is 0.685. The third kappa shape index (κ3) is 4.84. The molecule has 1 heterocycles. The Morgan fingerprint density at radius 1 is 1.32 bits per heavy atom. The summed E-state index contributed by atoms with van der Waals surface area (Å²) in [6.07, 6.45) is -2.67. The normalized spacial score (nSPS) is 20.4. The van der Waals surface area contributed by atoms with Crippen LogP contribution < -0.4 is 5.32 Å². The van der Waals surface area contributed by atoms with Gasteiger partial charge in [0.2, 0.25) is 11.9 Å². The zero-order chi connectivity index (χ0) is 20.1. The molecule has 154 valence electrons. The number of rotatable bonds is 7. The van der Waals surface area contributed by atoms with E-state index in [4.69, 9.17) is 4.74 Å². The van der Waals surface area contributed by atoms with Gasteiger partial charge >= 0.3 is 6.18 Å². The Morgan fingerprint density at radius 2 is 2.11 bits per heavy atom. The van der Waals surface area contributed by atoms with Gasteiger partial charge in [-0.05, 0) is 44.7 Å². The Labute approximate surface area is 162 Å². The van der Waals surface area contributed by atoms with Gasteiger partial charge in [0.25, 0.3) is 0 Å². The van der Waals surface area contributed by atoms with E-state index in [0.717, 1.165) is 17.5 Å². The van der Waals surface area contributed by atoms with Gasteiger partial charge in [-0.3, -0.25) is 10.1 Å². The van der Waals surface area contributed by atoms with Crippen molar-refractivity contribution in [3.05, 3.63) is 24.3 Å². The zero-order valence-corrected chi connectivity index (χ0v) is 16.0. The van der Waals surface area contributed by atoms with Crippen LogP contribution in [-0.2, 0) is 16.1 Å². The van der Waals surface area contributed by atoms with Crippen LogP contribution in [0.3, 0.4) is 0 Å². The summed E-state index contributed by atoms with van der Waals surface area (Å²) in [7, 11) is 0. The minimum absolute atomic E-state index is 0.100. The summed E-state index contributed by atoms with van der Waals surface area (Å²) in [5.74, 6) is -2.04. The molecular weight excluding hydrogens is 371 g/mol. The summed E-state index contributed by atoms with van der Waals surface area (Å²) in [5, 5.41) is 2.79. The third-order valence-electron chi connectivity index (χ3n) is 5.27. The first-order valence-electron chi connectivity index (χ1n) is 9.80. The maximum Gasteiger partial charge on any atom is 0.391 e. The molecule has 1 aromatic heterocycles. The fraction of sp³-hybridized carbons (Fsp3) is 0.600. The summed E-state index contributed by atoms with van der Waals surface area (Å²) in [4.78, 5) is 17.2. The molecule has 1 amide bonds. The molecule has 2 unspecified atom stereocenters. The van der Waals surface area contributed by atoms with Crippen molar-refractivity contribution in [2.24, 2.45) is 11.8 Å². The van der Waals surface area contributed by atoms with Crippen molar-refractivity contribution in [2.45, 2.75) is 51.7 Å². The fourth-order valence-corrected chi connectivity index (χ4v) is 3.80. The van der Waals surface area contributed by atoms with Gasteiger partial charge in [-0.1, -0.05) is 18.6 Å². The first-order chi connectivity index (χ1) is 13.4. The van der Waals surface area contributed by atoms with Gasteiger partial charge in [0, 0.05) is 25.7 Å². The van der Waals surface area contributed by atoms with Gasteiger partial charge < -0.3 is 9.30 Å². The summed E-state index contributed by atoms with van der Waals surface area (Å²) in [5.41, 5.74) is 1.62. The molecule has 8 heteroatoms. The highest BCUT2D eigenvalue weighted by atomic mass is 19.4. The van der Waals surface area contributed by atoms with Gasteiger partial charge in [-0.2, -0.15) is 13.2 Å². The number of amides is 1. The number of nitrogens with one attached hydrogen (secondary N) is 1. The van der Waals surface area contributed by atoms with Crippen molar-refractivity contribution in [3.63, 3.8) is 0 Å². The number of aryl methyl sites for hydroxylation is 1. The van der Waals surface area contributed by atoms with E-state index in [2.05, 4.69) is 10.3 Å². The highest BCUT2D eigenvalue weighted by Gasteiger charge is 2.43. The molecule has 5 nitrogen and oxygen atoms in total. The van der Waals surface area contributed by atoms with Gasteiger partial charge in [0.15, 0.2) is 0 Å². The van der Waals surface area contributed by atoms with E-state index in [0.29, 0.717) is 38.5 Å². The van der Waals surface area contributed by atoms with E-state index in [1.807, 2.05) is 35.8 Å². The average Bonchev–Trinajstić information content (AvgIpc) is 3.02. The van der Waals surface area contributed by atoms with Gasteiger partial charge in [0.05, 0.1) is 17.0 Å². The van der Waals surface area contributed by atoms with Crippen LogP contribution in [0.25, 0.3) is 11.0 Å². The van der Waals surface area contributed by atoms with Gasteiger partial charge in [-0.15, -0.1) is 0 Å². The molecule has 1 N–H and O–H groups in total. The summed E-state index contributed by atoms with van der Waals surface area (Å²) in [6, 6.07) is 7.52. The zero-order valence-electron chi connectivity index (χ0n) is 16.0. The molecule has 28 heavy (non-hydrogen) atoms. The van der Waals surface area contributed by atoms with E-state index < -0.39 is 18.0 Å². The van der Waals surface area contributed by atoms with E-state index in [1.165, 1.54) is 0 Å². The Kier molecular flexibility index (Phi) is 6.59. The van der Waals surface area contributed by atoms with Crippen molar-refractivity contribution in [1.29, 1.82) is 0 Å². The van der Waals surface area contributed by atoms with Crippen molar-refractivity contribution in [3.8, 4) is 0 Å². The largest absolute Gasteiger partial charge is 0.391 e. The van der Waals surface area contributed by atoms with Crippen LogP contribution in [0.5, 0.6) is 0 Å². The number of benzene rings is 1. The highest BCUT2D eigenvalue weighted by molar-refractivity contribution is 5.93. The number of imidazole rings is 1. The number of nitrogens with zero attached hydrogens (tertiary/aromatic N) is 2. The number of ether oxygens (including phenoxy) is 1. The smallest absolute Gasteiger partial charge is 0.382 e. The molecule has 1 saturated carbocycles. The first-order valence-corrected chi connectivity index (χ1v) is 9.80. The molecule has 1 aliphatic rings. The van der Waals surface area contributed by atoms with Crippen LogP contribution in [0.1, 0.15) is 39.0 Å². The van der Waals surface area contributed by atoms with Crippen LogP contribution in [0, 0.1) is 11.8 Å². The van der Waals surface area contributed by atoms with Crippen molar-refractivity contribution in [2.75, 3.05) is 18.5 Å². The van der Waals surface area contributed by atoms with Gasteiger partial charge in [-0.25, -0.2) is 4.98 Å². The van der Waals surface area contributed by atoms with Crippen molar-refractivity contribution < 1.29 is 22.7 Å². The Morgan fingerprint density at radius 3 is 2.86 bits per heavy atom. The molecule has 3 rings (SSSR count).